The van der Waals surface area contributed by atoms with E-state index in [-0.39, 0.29) is 36.2 Å². The minimum absolute atomic E-state index is 0. The molecule has 0 aliphatic heterocycles. The maximum atomic E-state index is 10.1. The molecule has 0 atom stereocenters. The first kappa shape index (κ1) is 35.5. The van der Waals surface area contributed by atoms with E-state index in [0.717, 1.165) is 12.8 Å². The van der Waals surface area contributed by atoms with Gasteiger partial charge in [-0.05, 0) is 6.42 Å². The molecule has 0 aromatic rings. The van der Waals surface area contributed by atoms with E-state index >= 15 is 0 Å². The summed E-state index contributed by atoms with van der Waals surface area (Å²) in [5.41, 5.74) is 0. The van der Waals surface area contributed by atoms with Crippen LogP contribution in [0.4, 0.5) is 0 Å². The van der Waals surface area contributed by atoms with Crippen LogP contribution in [0.3, 0.4) is 0 Å². The molecule has 0 radical (unpaired) electrons. The quantitative estimate of drug-likeness (QED) is 0.101. The van der Waals surface area contributed by atoms with Crippen LogP contribution in [-0.2, 0) is 14.6 Å². The van der Waals surface area contributed by atoms with Crippen molar-refractivity contribution in [3.05, 3.63) is 0 Å². The molecule has 0 aliphatic carbocycles. The van der Waals surface area contributed by atoms with Crippen LogP contribution in [0.15, 0.2) is 0 Å². The van der Waals surface area contributed by atoms with Gasteiger partial charge in [-0.25, -0.2) is 8.42 Å². The van der Waals surface area contributed by atoms with Crippen LogP contribution in [0, 0.1) is 0 Å². The largest absolute Gasteiger partial charge is 1.00 e. The van der Waals surface area contributed by atoms with Gasteiger partial charge in [-0.2, -0.15) is 0 Å². The van der Waals surface area contributed by atoms with E-state index in [1.165, 1.54) is 109 Å². The summed E-state index contributed by atoms with van der Waals surface area (Å²) in [7, 11) is -4.48. The fourth-order valence-electron chi connectivity index (χ4n) is 3.31. The van der Waals surface area contributed by atoms with Gasteiger partial charge in [0.1, 0.15) is 0 Å². The number of hydrogen-bond acceptors (Lipinski definition) is 4. The summed E-state index contributed by atoms with van der Waals surface area (Å²) in [5, 5.41) is 0. The first-order valence-corrected chi connectivity index (χ1v) is 13.9. The second-order valence-corrected chi connectivity index (χ2v) is 9.29. The smallest absolute Gasteiger partial charge is 0.726 e. The topological polar surface area (TPSA) is 66.4 Å². The summed E-state index contributed by atoms with van der Waals surface area (Å²) in [6, 6.07) is 0. The molecule has 0 aliphatic rings. The van der Waals surface area contributed by atoms with E-state index in [4.69, 9.17) is 0 Å². The van der Waals surface area contributed by atoms with Crippen molar-refractivity contribution in [3.63, 3.8) is 0 Å². The third kappa shape index (κ3) is 39.4. The van der Waals surface area contributed by atoms with E-state index in [0.29, 0.717) is 6.42 Å². The van der Waals surface area contributed by atoms with Crippen LogP contribution in [0.1, 0.15) is 149 Å². The fraction of sp³-hybridized carbons (Fsp3) is 1.00. The standard InChI is InChI=1S/C12H26O4S.C12H26.Na/c1-2-3-4-5-6-7-8-9-10-11-12-16-17(13,14)15;1-3-5-7-9-11-12-10-8-6-4-2;/h2-12H2,1H3,(H,13,14,15);3-12H2,1-2H3;/q;;+1/p-1. The van der Waals surface area contributed by atoms with E-state index in [1.54, 1.807) is 0 Å². The fourth-order valence-corrected chi connectivity index (χ4v) is 3.63. The Hall–Kier alpha value is 0.870. The van der Waals surface area contributed by atoms with Gasteiger partial charge < -0.3 is 4.55 Å². The second-order valence-electron chi connectivity index (χ2n) is 8.24. The Balaban J connectivity index is -0.000000497. The predicted octanol–water partition coefficient (Wildman–Crippen LogP) is 5.32. The SMILES string of the molecule is CCCCCCCCCCCC.CCCCCCCCCCCCOS(=O)(=O)[O-].[Na+]. The molecule has 6 heteroatoms. The Morgan fingerprint density at radius 1 is 0.500 bits per heavy atom. The summed E-state index contributed by atoms with van der Waals surface area (Å²) in [6.07, 6.45) is 26.1. The van der Waals surface area contributed by atoms with Crippen LogP contribution in [0.2, 0.25) is 0 Å². The van der Waals surface area contributed by atoms with Gasteiger partial charge in [-0.1, -0.05) is 143 Å². The van der Waals surface area contributed by atoms with Crippen molar-refractivity contribution >= 4 is 10.4 Å². The van der Waals surface area contributed by atoms with E-state index in [2.05, 4.69) is 25.0 Å². The van der Waals surface area contributed by atoms with Crippen LogP contribution in [-0.4, -0.2) is 19.6 Å². The van der Waals surface area contributed by atoms with E-state index in [1.807, 2.05) is 0 Å². The van der Waals surface area contributed by atoms with E-state index in [9.17, 15) is 13.0 Å². The molecule has 0 fully saturated rings. The summed E-state index contributed by atoms with van der Waals surface area (Å²) in [6.45, 7) is 6.80. The third-order valence-corrected chi connectivity index (χ3v) is 5.64. The van der Waals surface area contributed by atoms with Crippen molar-refractivity contribution < 1.29 is 46.7 Å². The van der Waals surface area contributed by atoms with Gasteiger partial charge in [-0.15, -0.1) is 0 Å². The first-order valence-electron chi connectivity index (χ1n) is 12.6. The van der Waals surface area contributed by atoms with Crippen LogP contribution in [0.5, 0.6) is 0 Å². The molecule has 0 amide bonds. The van der Waals surface area contributed by atoms with Crippen LogP contribution in [0.25, 0.3) is 0 Å². The van der Waals surface area contributed by atoms with Crippen LogP contribution >= 0.6 is 0 Å². The average Bonchev–Trinajstić information content (AvgIpc) is 2.68. The van der Waals surface area contributed by atoms with Gasteiger partial charge in [0.15, 0.2) is 0 Å². The molecule has 0 aromatic heterocycles. The molecule has 0 N–H and O–H groups in total. The molecule has 0 spiro atoms. The normalized spacial score (nSPS) is 10.9. The third-order valence-electron chi connectivity index (χ3n) is 5.18. The number of rotatable bonds is 21. The molecule has 0 bridgehead atoms. The van der Waals surface area contributed by atoms with Crippen LogP contribution < -0.4 is 29.6 Å². The Morgan fingerprint density at radius 3 is 0.967 bits per heavy atom. The number of hydrogen-bond donors (Lipinski definition) is 0. The summed E-state index contributed by atoms with van der Waals surface area (Å²) in [5.74, 6) is 0. The van der Waals surface area contributed by atoms with E-state index < -0.39 is 10.4 Å². The zero-order valence-electron chi connectivity index (χ0n) is 20.9. The van der Waals surface area contributed by atoms with Gasteiger partial charge >= 0.3 is 29.6 Å². The zero-order chi connectivity index (χ0) is 22.1. The minimum Gasteiger partial charge on any atom is -0.726 e. The first-order chi connectivity index (χ1) is 14.0. The molecular formula is C24H51NaO4S. The van der Waals surface area contributed by atoms with Gasteiger partial charge in [0.25, 0.3) is 0 Å². The summed E-state index contributed by atoms with van der Waals surface area (Å²) < 4.78 is 34.5. The Morgan fingerprint density at radius 2 is 0.733 bits per heavy atom. The maximum Gasteiger partial charge on any atom is 1.00 e. The Bertz CT molecular complexity index is 379. The molecule has 0 rings (SSSR count). The monoisotopic (exact) mass is 458 g/mol. The van der Waals surface area contributed by atoms with Crippen molar-refractivity contribution in [1.82, 2.24) is 0 Å². The molecule has 0 aromatic carbocycles. The Kier molecular flexibility index (Phi) is 35.3. The Labute approximate surface area is 212 Å². The van der Waals surface area contributed by atoms with Crippen molar-refractivity contribution in [2.24, 2.45) is 0 Å². The number of unbranched alkanes of at least 4 members (excludes halogenated alkanes) is 18. The predicted molar refractivity (Wildman–Crippen MR) is 125 cm³/mol. The van der Waals surface area contributed by atoms with Gasteiger partial charge in [0.2, 0.25) is 10.4 Å². The molecule has 0 unspecified atom stereocenters. The molecule has 0 saturated carbocycles. The zero-order valence-corrected chi connectivity index (χ0v) is 23.7. The summed E-state index contributed by atoms with van der Waals surface area (Å²) >= 11 is 0. The maximum absolute atomic E-state index is 10.1. The van der Waals surface area contributed by atoms with Gasteiger partial charge in [-0.3, -0.25) is 4.18 Å². The minimum atomic E-state index is -4.48. The second kappa shape index (κ2) is 29.9. The summed E-state index contributed by atoms with van der Waals surface area (Å²) in [4.78, 5) is 0. The molecule has 0 heterocycles. The molecular weight excluding hydrogens is 407 g/mol. The van der Waals surface area contributed by atoms with Crippen molar-refractivity contribution in [3.8, 4) is 0 Å². The van der Waals surface area contributed by atoms with Gasteiger partial charge in [0.05, 0.1) is 6.61 Å². The van der Waals surface area contributed by atoms with Crippen molar-refractivity contribution in [2.75, 3.05) is 6.61 Å². The molecule has 178 valence electrons. The average molecular weight is 459 g/mol. The van der Waals surface area contributed by atoms with Gasteiger partial charge in [0, 0.05) is 0 Å². The van der Waals surface area contributed by atoms with Crippen molar-refractivity contribution in [2.45, 2.75) is 149 Å². The molecule has 30 heavy (non-hydrogen) atoms. The molecule has 0 saturated heterocycles. The van der Waals surface area contributed by atoms with Crippen molar-refractivity contribution in [1.29, 1.82) is 0 Å². The molecule has 4 nitrogen and oxygen atoms in total.